The van der Waals surface area contributed by atoms with Gasteiger partial charge in [-0.1, -0.05) is 6.92 Å². The monoisotopic (exact) mass is 375 g/mol. The molecule has 0 aliphatic carbocycles. The Hall–Kier alpha value is -3.29. The summed E-state index contributed by atoms with van der Waals surface area (Å²) in [5, 5.41) is 13.2. The van der Waals surface area contributed by atoms with Crippen molar-refractivity contribution in [2.24, 2.45) is 5.92 Å². The molecule has 28 heavy (non-hydrogen) atoms. The van der Waals surface area contributed by atoms with Crippen LogP contribution < -0.4 is 9.80 Å². The predicted molar refractivity (Wildman–Crippen MR) is 105 cm³/mol. The minimum atomic E-state index is -0.0671. The maximum Gasteiger partial charge on any atom is 0.262 e. The maximum absolute atomic E-state index is 12.8. The fourth-order valence-corrected chi connectivity index (χ4v) is 3.77. The molecule has 2 aliphatic heterocycles. The summed E-state index contributed by atoms with van der Waals surface area (Å²) in [5.41, 5.74) is 3.04. The molecule has 8 nitrogen and oxygen atoms in total. The third-order valence-electron chi connectivity index (χ3n) is 5.40. The third kappa shape index (κ3) is 2.81. The van der Waals surface area contributed by atoms with Crippen molar-refractivity contribution < 1.29 is 4.79 Å². The van der Waals surface area contributed by atoms with Gasteiger partial charge in [0, 0.05) is 25.0 Å². The van der Waals surface area contributed by atoms with Crippen LogP contribution in [0.5, 0.6) is 0 Å². The number of aromatic nitrogens is 5. The number of hydrogen-bond acceptors (Lipinski definition) is 6. The zero-order valence-corrected chi connectivity index (χ0v) is 15.9. The van der Waals surface area contributed by atoms with Gasteiger partial charge in [0.2, 0.25) is 0 Å². The Morgan fingerprint density at radius 3 is 2.57 bits per heavy atom. The molecule has 1 saturated heterocycles. The molecular weight excluding hydrogens is 354 g/mol. The lowest BCUT2D eigenvalue weighted by Crippen LogP contribution is -2.24. The number of anilines is 2. The fourth-order valence-electron chi connectivity index (χ4n) is 3.77. The molecule has 0 spiro atoms. The molecule has 1 atom stereocenters. The molecule has 1 amide bonds. The van der Waals surface area contributed by atoms with E-state index >= 15 is 0 Å². The highest BCUT2D eigenvalue weighted by Gasteiger charge is 2.32. The van der Waals surface area contributed by atoms with Gasteiger partial charge in [-0.15, -0.1) is 10.2 Å². The van der Waals surface area contributed by atoms with Crippen LogP contribution in [0.4, 0.5) is 11.5 Å². The second-order valence-electron chi connectivity index (χ2n) is 7.57. The van der Waals surface area contributed by atoms with E-state index in [-0.39, 0.29) is 5.91 Å². The Balaban J connectivity index is 1.36. The summed E-state index contributed by atoms with van der Waals surface area (Å²) < 4.78 is 1.64. The molecule has 5 heterocycles. The molecule has 142 valence electrons. The average molecular weight is 375 g/mol. The van der Waals surface area contributed by atoms with Gasteiger partial charge in [0.15, 0.2) is 11.6 Å². The van der Waals surface area contributed by atoms with Crippen LogP contribution in [0.1, 0.15) is 35.1 Å². The highest BCUT2D eigenvalue weighted by Crippen LogP contribution is 2.28. The Morgan fingerprint density at radius 1 is 1.11 bits per heavy atom. The van der Waals surface area contributed by atoms with E-state index in [1.54, 1.807) is 22.0 Å². The van der Waals surface area contributed by atoms with Crippen LogP contribution in [0, 0.1) is 12.8 Å². The lowest BCUT2D eigenvalue weighted by atomic mass is 10.2. The van der Waals surface area contributed by atoms with Crippen molar-refractivity contribution in [3.63, 3.8) is 0 Å². The van der Waals surface area contributed by atoms with E-state index in [2.05, 4.69) is 32.1 Å². The van der Waals surface area contributed by atoms with Crippen LogP contribution in [0.3, 0.4) is 0 Å². The van der Waals surface area contributed by atoms with Crippen molar-refractivity contribution in [3.05, 3.63) is 53.6 Å². The molecule has 0 unspecified atom stereocenters. The Bertz CT molecular complexity index is 1030. The van der Waals surface area contributed by atoms with Crippen LogP contribution in [-0.2, 0) is 6.54 Å². The third-order valence-corrected chi connectivity index (χ3v) is 5.40. The molecule has 3 aromatic rings. The SMILES string of the molecule is Cc1ccc(N2Cc3nn(-c4ccc(N5CC[C@H](C)C5)nn4)cc3C2=O)cn1. The smallest absolute Gasteiger partial charge is 0.262 e. The van der Waals surface area contributed by atoms with Crippen LogP contribution in [-0.4, -0.2) is 44.0 Å². The number of nitrogens with zero attached hydrogens (tertiary/aromatic N) is 7. The Morgan fingerprint density at radius 2 is 1.93 bits per heavy atom. The van der Waals surface area contributed by atoms with Gasteiger partial charge < -0.3 is 9.80 Å². The lowest BCUT2D eigenvalue weighted by Gasteiger charge is -2.16. The fraction of sp³-hybridized carbons (Fsp3) is 0.350. The van der Waals surface area contributed by atoms with Crippen molar-refractivity contribution in [1.82, 2.24) is 25.0 Å². The van der Waals surface area contributed by atoms with Crippen LogP contribution in [0.25, 0.3) is 5.82 Å². The summed E-state index contributed by atoms with van der Waals surface area (Å²) in [5.74, 6) is 2.12. The van der Waals surface area contributed by atoms with E-state index in [9.17, 15) is 4.79 Å². The molecule has 0 radical (unpaired) electrons. The summed E-state index contributed by atoms with van der Waals surface area (Å²) in [6.07, 6.45) is 4.64. The Kier molecular flexibility index (Phi) is 3.85. The highest BCUT2D eigenvalue weighted by atomic mass is 16.2. The molecule has 2 aliphatic rings. The lowest BCUT2D eigenvalue weighted by molar-refractivity contribution is 0.0996. The zero-order chi connectivity index (χ0) is 19.3. The van der Waals surface area contributed by atoms with Crippen LogP contribution >= 0.6 is 0 Å². The van der Waals surface area contributed by atoms with Crippen molar-refractivity contribution >= 4 is 17.4 Å². The van der Waals surface area contributed by atoms with E-state index in [4.69, 9.17) is 0 Å². The zero-order valence-electron chi connectivity index (χ0n) is 15.9. The van der Waals surface area contributed by atoms with Gasteiger partial charge in [-0.3, -0.25) is 9.78 Å². The van der Waals surface area contributed by atoms with Gasteiger partial charge in [0.1, 0.15) is 0 Å². The number of fused-ring (bicyclic) bond motifs is 1. The largest absolute Gasteiger partial charge is 0.355 e. The molecule has 0 aromatic carbocycles. The van der Waals surface area contributed by atoms with Crippen LogP contribution in [0.2, 0.25) is 0 Å². The maximum atomic E-state index is 12.8. The predicted octanol–water partition coefficient (Wildman–Crippen LogP) is 2.37. The van der Waals surface area contributed by atoms with E-state index in [1.807, 2.05) is 31.2 Å². The number of rotatable bonds is 3. The van der Waals surface area contributed by atoms with Crippen molar-refractivity contribution in [3.8, 4) is 5.82 Å². The van der Waals surface area contributed by atoms with E-state index in [1.165, 1.54) is 6.42 Å². The van der Waals surface area contributed by atoms with Crippen molar-refractivity contribution in [2.75, 3.05) is 22.9 Å². The number of carbonyl (C=O) groups excluding carboxylic acids is 1. The first-order valence-electron chi connectivity index (χ1n) is 9.50. The summed E-state index contributed by atoms with van der Waals surface area (Å²) in [7, 11) is 0. The molecular formula is C20H21N7O. The summed E-state index contributed by atoms with van der Waals surface area (Å²) in [4.78, 5) is 21.0. The number of aryl methyl sites for hydroxylation is 1. The van der Waals surface area contributed by atoms with Gasteiger partial charge in [-0.05, 0) is 43.5 Å². The van der Waals surface area contributed by atoms with Gasteiger partial charge in [-0.25, -0.2) is 4.68 Å². The van der Waals surface area contributed by atoms with E-state index < -0.39 is 0 Å². The Labute approximate surface area is 162 Å². The van der Waals surface area contributed by atoms with E-state index in [0.29, 0.717) is 23.8 Å². The normalized spacial score (nSPS) is 18.8. The summed E-state index contributed by atoms with van der Waals surface area (Å²) in [6.45, 7) is 6.64. The molecule has 1 fully saturated rings. The number of carbonyl (C=O) groups is 1. The minimum Gasteiger partial charge on any atom is -0.355 e. The first-order valence-corrected chi connectivity index (χ1v) is 9.50. The molecule has 3 aromatic heterocycles. The van der Waals surface area contributed by atoms with Gasteiger partial charge in [0.25, 0.3) is 5.91 Å². The van der Waals surface area contributed by atoms with Crippen molar-refractivity contribution in [2.45, 2.75) is 26.8 Å². The second kappa shape index (κ2) is 6.40. The topological polar surface area (TPSA) is 80.0 Å². The highest BCUT2D eigenvalue weighted by molar-refractivity contribution is 6.09. The number of hydrogen-bond donors (Lipinski definition) is 0. The molecule has 5 rings (SSSR count). The van der Waals surface area contributed by atoms with Gasteiger partial charge in [0.05, 0.1) is 29.7 Å². The minimum absolute atomic E-state index is 0.0671. The molecule has 0 N–H and O–H groups in total. The number of amides is 1. The van der Waals surface area contributed by atoms with E-state index in [0.717, 1.165) is 36.0 Å². The average Bonchev–Trinajstić information content (AvgIpc) is 3.39. The molecule has 0 bridgehead atoms. The number of pyridine rings is 1. The van der Waals surface area contributed by atoms with Crippen molar-refractivity contribution in [1.29, 1.82) is 0 Å². The molecule has 0 saturated carbocycles. The van der Waals surface area contributed by atoms with Gasteiger partial charge >= 0.3 is 0 Å². The summed E-state index contributed by atoms with van der Waals surface area (Å²) >= 11 is 0. The molecule has 8 heteroatoms. The van der Waals surface area contributed by atoms with Gasteiger partial charge in [-0.2, -0.15) is 5.10 Å². The van der Waals surface area contributed by atoms with Crippen LogP contribution in [0.15, 0.2) is 36.7 Å². The summed E-state index contributed by atoms with van der Waals surface area (Å²) in [6, 6.07) is 7.68. The first-order chi connectivity index (χ1) is 13.6. The standard InChI is InChI=1S/C20H21N7O/c1-13-7-8-25(10-13)18-5-6-19(23-22-18)27-11-16-17(24-27)12-26(20(16)28)15-4-3-14(2)21-9-15/h3-6,9,11,13H,7-8,10,12H2,1-2H3/t13-/m0/s1. The second-order valence-corrected chi connectivity index (χ2v) is 7.57. The quantitative estimate of drug-likeness (QED) is 0.699. The first kappa shape index (κ1) is 16.9.